The van der Waals surface area contributed by atoms with Crippen molar-refractivity contribution in [3.05, 3.63) is 29.8 Å². The number of benzene rings is 1. The highest BCUT2D eigenvalue weighted by Crippen LogP contribution is 2.43. The van der Waals surface area contributed by atoms with Crippen LogP contribution in [0.4, 0.5) is 10.5 Å². The lowest BCUT2D eigenvalue weighted by Crippen LogP contribution is -2.63. The van der Waals surface area contributed by atoms with E-state index in [4.69, 9.17) is 0 Å². The molecule has 2 aliphatic rings. The highest BCUT2D eigenvalue weighted by Gasteiger charge is 2.55. The van der Waals surface area contributed by atoms with Crippen molar-refractivity contribution in [1.82, 2.24) is 5.32 Å². The number of imide groups is 2. The fourth-order valence-electron chi connectivity index (χ4n) is 3.13. The van der Waals surface area contributed by atoms with Crippen molar-refractivity contribution in [3.63, 3.8) is 0 Å². The zero-order valence-electron chi connectivity index (χ0n) is 11.3. The monoisotopic (exact) mass is 272 g/mol. The summed E-state index contributed by atoms with van der Waals surface area (Å²) in [5.74, 6) is -0.812. The lowest BCUT2D eigenvalue weighted by Gasteiger charge is -2.37. The minimum absolute atomic E-state index is 0.377. The van der Waals surface area contributed by atoms with Gasteiger partial charge in [0.2, 0.25) is 5.91 Å². The summed E-state index contributed by atoms with van der Waals surface area (Å²) in [4.78, 5) is 38.1. The lowest BCUT2D eigenvalue weighted by molar-refractivity contribution is -0.142. The summed E-state index contributed by atoms with van der Waals surface area (Å²) in [5.41, 5.74) is 0.336. The third-order valence-electron chi connectivity index (χ3n) is 4.28. The van der Waals surface area contributed by atoms with Gasteiger partial charge in [0.25, 0.3) is 5.91 Å². The Morgan fingerprint density at radius 2 is 1.75 bits per heavy atom. The number of carbonyl (C=O) groups excluding carboxylic acids is 3. The molecule has 4 amide bonds. The number of rotatable bonds is 1. The van der Waals surface area contributed by atoms with E-state index < -0.39 is 17.4 Å². The standard InChI is InChI=1S/C15H16N2O3/c1-10-6-2-3-7-11(10)17-13(19)15(8-4-5-9-15)12(18)16-14(17)20/h2-3,6-7H,4-5,8-9H2,1H3,(H,16,18,20). The van der Waals surface area contributed by atoms with Crippen LogP contribution in [-0.2, 0) is 9.59 Å². The number of barbiturate groups is 1. The molecule has 5 heteroatoms. The second-order valence-electron chi connectivity index (χ2n) is 5.48. The molecule has 0 unspecified atom stereocenters. The van der Waals surface area contributed by atoms with Crippen LogP contribution in [-0.4, -0.2) is 17.8 Å². The van der Waals surface area contributed by atoms with Crippen molar-refractivity contribution in [3.8, 4) is 0 Å². The first-order valence-electron chi connectivity index (χ1n) is 6.82. The Morgan fingerprint density at radius 1 is 1.10 bits per heavy atom. The topological polar surface area (TPSA) is 66.5 Å². The van der Waals surface area contributed by atoms with Gasteiger partial charge in [0.15, 0.2) is 0 Å². The molecule has 1 saturated heterocycles. The summed E-state index contributed by atoms with van der Waals surface area (Å²) >= 11 is 0. The number of para-hydroxylation sites is 1. The Hall–Kier alpha value is -2.17. The van der Waals surface area contributed by atoms with Gasteiger partial charge in [0.05, 0.1) is 5.69 Å². The minimum atomic E-state index is -1.05. The smallest absolute Gasteiger partial charge is 0.276 e. The molecule has 1 N–H and O–H groups in total. The average Bonchev–Trinajstić information content (AvgIpc) is 2.90. The number of aryl methyl sites for hydroxylation is 1. The van der Waals surface area contributed by atoms with Gasteiger partial charge in [-0.3, -0.25) is 14.9 Å². The number of anilines is 1. The van der Waals surface area contributed by atoms with Crippen LogP contribution in [0, 0.1) is 12.3 Å². The molecule has 0 bridgehead atoms. The average molecular weight is 272 g/mol. The molecule has 1 saturated carbocycles. The molecular formula is C15H16N2O3. The Morgan fingerprint density at radius 3 is 2.40 bits per heavy atom. The maximum atomic E-state index is 12.8. The summed E-state index contributed by atoms with van der Waals surface area (Å²) in [6, 6.07) is 6.55. The predicted octanol–water partition coefficient (Wildman–Crippen LogP) is 2.14. The number of hydrogen-bond donors (Lipinski definition) is 1. The molecule has 1 aliphatic heterocycles. The highest BCUT2D eigenvalue weighted by atomic mass is 16.2. The Kier molecular flexibility index (Phi) is 2.85. The van der Waals surface area contributed by atoms with E-state index in [1.807, 2.05) is 19.1 Å². The van der Waals surface area contributed by atoms with Crippen molar-refractivity contribution in [2.75, 3.05) is 4.90 Å². The molecule has 104 valence electrons. The summed E-state index contributed by atoms with van der Waals surface area (Å²) in [6.07, 6.45) is 2.73. The maximum absolute atomic E-state index is 12.8. The molecule has 0 atom stereocenters. The van der Waals surface area contributed by atoms with Crippen molar-refractivity contribution < 1.29 is 14.4 Å². The fourth-order valence-corrected chi connectivity index (χ4v) is 3.13. The number of urea groups is 1. The zero-order valence-corrected chi connectivity index (χ0v) is 11.3. The van der Waals surface area contributed by atoms with Crippen LogP contribution < -0.4 is 10.2 Å². The summed E-state index contributed by atoms with van der Waals surface area (Å²) in [6.45, 7) is 1.84. The molecule has 1 spiro atoms. The largest absolute Gasteiger partial charge is 0.335 e. The SMILES string of the molecule is Cc1ccccc1N1C(=O)NC(=O)C2(CCCC2)C1=O. The van der Waals surface area contributed by atoms with Crippen molar-refractivity contribution in [2.45, 2.75) is 32.6 Å². The molecular weight excluding hydrogens is 256 g/mol. The molecule has 2 fully saturated rings. The molecule has 0 aromatic heterocycles. The highest BCUT2D eigenvalue weighted by molar-refractivity contribution is 6.30. The Labute approximate surface area is 116 Å². The first-order valence-corrected chi connectivity index (χ1v) is 6.82. The van der Waals surface area contributed by atoms with Gasteiger partial charge in [-0.1, -0.05) is 31.0 Å². The summed E-state index contributed by atoms with van der Waals surface area (Å²) in [7, 11) is 0. The lowest BCUT2D eigenvalue weighted by atomic mass is 9.82. The van der Waals surface area contributed by atoms with E-state index in [1.54, 1.807) is 12.1 Å². The van der Waals surface area contributed by atoms with Crippen LogP contribution in [0.15, 0.2) is 24.3 Å². The number of hydrogen-bond acceptors (Lipinski definition) is 3. The third kappa shape index (κ3) is 1.66. The Balaban J connectivity index is 2.07. The summed E-state index contributed by atoms with van der Waals surface area (Å²) < 4.78 is 0. The number of nitrogens with zero attached hydrogens (tertiary/aromatic N) is 1. The summed E-state index contributed by atoms with van der Waals surface area (Å²) in [5, 5.41) is 2.35. The molecule has 1 heterocycles. The van der Waals surface area contributed by atoms with Crippen LogP contribution in [0.2, 0.25) is 0 Å². The second kappa shape index (κ2) is 4.44. The van der Waals surface area contributed by atoms with Crippen LogP contribution in [0.25, 0.3) is 0 Å². The first kappa shape index (κ1) is 12.8. The van der Waals surface area contributed by atoms with Crippen molar-refractivity contribution in [1.29, 1.82) is 0 Å². The van der Waals surface area contributed by atoms with Gasteiger partial charge in [-0.25, -0.2) is 9.69 Å². The molecule has 3 rings (SSSR count). The zero-order chi connectivity index (χ0) is 14.3. The van der Waals surface area contributed by atoms with E-state index in [9.17, 15) is 14.4 Å². The van der Waals surface area contributed by atoms with Crippen molar-refractivity contribution in [2.24, 2.45) is 5.41 Å². The number of amides is 4. The molecule has 5 nitrogen and oxygen atoms in total. The fraction of sp³-hybridized carbons (Fsp3) is 0.400. The molecule has 0 radical (unpaired) electrons. The van der Waals surface area contributed by atoms with E-state index in [0.29, 0.717) is 18.5 Å². The number of carbonyl (C=O) groups is 3. The predicted molar refractivity (Wildman–Crippen MR) is 73.1 cm³/mol. The maximum Gasteiger partial charge on any atom is 0.335 e. The van der Waals surface area contributed by atoms with Crippen LogP contribution in [0.1, 0.15) is 31.2 Å². The van der Waals surface area contributed by atoms with Gasteiger partial charge in [0.1, 0.15) is 5.41 Å². The van der Waals surface area contributed by atoms with E-state index in [2.05, 4.69) is 5.32 Å². The van der Waals surface area contributed by atoms with Gasteiger partial charge in [-0.2, -0.15) is 0 Å². The van der Waals surface area contributed by atoms with Gasteiger partial charge in [-0.15, -0.1) is 0 Å². The molecule has 20 heavy (non-hydrogen) atoms. The molecule has 1 aromatic rings. The van der Waals surface area contributed by atoms with Gasteiger partial charge in [-0.05, 0) is 31.4 Å². The normalized spacial score (nSPS) is 21.4. The van der Waals surface area contributed by atoms with Crippen LogP contribution in [0.3, 0.4) is 0 Å². The van der Waals surface area contributed by atoms with Gasteiger partial charge in [0, 0.05) is 0 Å². The van der Waals surface area contributed by atoms with E-state index in [1.165, 1.54) is 0 Å². The molecule has 1 aliphatic carbocycles. The first-order chi connectivity index (χ1) is 9.56. The number of nitrogens with one attached hydrogen (secondary N) is 1. The van der Waals surface area contributed by atoms with E-state index >= 15 is 0 Å². The van der Waals surface area contributed by atoms with E-state index in [0.717, 1.165) is 23.3 Å². The van der Waals surface area contributed by atoms with E-state index in [-0.39, 0.29) is 5.91 Å². The van der Waals surface area contributed by atoms with Crippen LogP contribution >= 0.6 is 0 Å². The second-order valence-corrected chi connectivity index (χ2v) is 5.48. The minimum Gasteiger partial charge on any atom is -0.276 e. The van der Waals surface area contributed by atoms with Gasteiger partial charge < -0.3 is 0 Å². The Bertz CT molecular complexity index is 603. The van der Waals surface area contributed by atoms with Gasteiger partial charge >= 0.3 is 6.03 Å². The third-order valence-corrected chi connectivity index (χ3v) is 4.28. The quantitative estimate of drug-likeness (QED) is 0.796. The van der Waals surface area contributed by atoms with Crippen molar-refractivity contribution >= 4 is 23.5 Å². The molecule has 1 aromatic carbocycles. The van der Waals surface area contributed by atoms with Crippen LogP contribution in [0.5, 0.6) is 0 Å².